The molecule has 0 aliphatic carbocycles. The van der Waals surface area contributed by atoms with Gasteiger partial charge in [-0.05, 0) is 36.4 Å². The predicted octanol–water partition coefficient (Wildman–Crippen LogP) is 3.66. The van der Waals surface area contributed by atoms with Crippen molar-refractivity contribution in [3.63, 3.8) is 0 Å². The van der Waals surface area contributed by atoms with E-state index < -0.39 is 24.0 Å². The third-order valence-corrected chi connectivity index (χ3v) is 4.09. The summed E-state index contributed by atoms with van der Waals surface area (Å²) in [5.41, 5.74) is 1.31. The van der Waals surface area contributed by atoms with Gasteiger partial charge in [-0.3, -0.25) is 0 Å². The number of para-hydroxylation sites is 2. The lowest BCUT2D eigenvalue weighted by atomic mass is 10.2. The number of hydrogen-bond donors (Lipinski definition) is 2. The van der Waals surface area contributed by atoms with Gasteiger partial charge in [0.05, 0.1) is 23.7 Å². The minimum absolute atomic E-state index is 0.0461. The summed E-state index contributed by atoms with van der Waals surface area (Å²) in [7, 11) is 1.26. The number of amides is 2. The van der Waals surface area contributed by atoms with E-state index >= 15 is 0 Å². The van der Waals surface area contributed by atoms with Crippen LogP contribution in [0.25, 0.3) is 11.0 Å². The number of anilines is 1. The molecule has 0 saturated carbocycles. The third kappa shape index (κ3) is 4.65. The molecule has 1 heterocycles. The first-order valence-electron chi connectivity index (χ1n) is 8.55. The number of hydrogen-bond acceptors (Lipinski definition) is 4. The quantitative estimate of drug-likeness (QED) is 0.634. The third-order valence-electron chi connectivity index (χ3n) is 4.09. The van der Waals surface area contributed by atoms with Gasteiger partial charge in [0, 0.05) is 18.8 Å². The van der Waals surface area contributed by atoms with E-state index in [0.29, 0.717) is 16.8 Å². The molecule has 0 saturated heterocycles. The average molecular weight is 406 g/mol. The van der Waals surface area contributed by atoms with Gasteiger partial charge in [-0.15, -0.1) is 0 Å². The summed E-state index contributed by atoms with van der Waals surface area (Å²) in [4.78, 5) is 27.0. The largest absolute Gasteiger partial charge is 0.465 e. The van der Waals surface area contributed by atoms with E-state index in [4.69, 9.17) is 0 Å². The predicted molar refractivity (Wildman–Crippen MR) is 99.5 cm³/mol. The van der Waals surface area contributed by atoms with E-state index in [1.54, 1.807) is 18.2 Å². The van der Waals surface area contributed by atoms with E-state index in [9.17, 15) is 22.8 Å². The SMILES string of the molecule is COC(=O)c1ccc(NC(=O)NCCn2c(C(F)(F)F)nc3ccccc32)cc1. The van der Waals surface area contributed by atoms with Crippen LogP contribution in [-0.4, -0.2) is 35.2 Å². The Balaban J connectivity index is 1.63. The van der Waals surface area contributed by atoms with Crippen LogP contribution in [0.4, 0.5) is 23.7 Å². The van der Waals surface area contributed by atoms with Crippen molar-refractivity contribution in [1.29, 1.82) is 0 Å². The highest BCUT2D eigenvalue weighted by molar-refractivity contribution is 5.92. The number of halogens is 3. The molecule has 10 heteroatoms. The van der Waals surface area contributed by atoms with Crippen LogP contribution in [0.2, 0.25) is 0 Å². The summed E-state index contributed by atoms with van der Waals surface area (Å²) in [6.07, 6.45) is -4.61. The molecule has 7 nitrogen and oxygen atoms in total. The number of carbonyl (C=O) groups excluding carboxylic acids is 2. The summed E-state index contributed by atoms with van der Waals surface area (Å²) in [6.45, 7) is -0.153. The van der Waals surface area contributed by atoms with Crippen LogP contribution in [0.1, 0.15) is 16.2 Å². The topological polar surface area (TPSA) is 85.2 Å². The first kappa shape index (κ1) is 20.2. The number of carbonyl (C=O) groups is 2. The molecule has 0 spiro atoms. The van der Waals surface area contributed by atoms with Gasteiger partial charge in [-0.2, -0.15) is 13.2 Å². The summed E-state index contributed by atoms with van der Waals surface area (Å²) >= 11 is 0. The first-order chi connectivity index (χ1) is 13.8. The van der Waals surface area contributed by atoms with Crippen molar-refractivity contribution < 1.29 is 27.5 Å². The van der Waals surface area contributed by atoms with Gasteiger partial charge in [-0.25, -0.2) is 14.6 Å². The zero-order valence-corrected chi connectivity index (χ0v) is 15.3. The Morgan fingerprint density at radius 3 is 2.45 bits per heavy atom. The van der Waals surface area contributed by atoms with Crippen molar-refractivity contribution in [3.05, 3.63) is 59.9 Å². The number of esters is 1. The molecule has 2 N–H and O–H groups in total. The molecule has 0 unspecified atom stereocenters. The van der Waals surface area contributed by atoms with Gasteiger partial charge < -0.3 is 19.9 Å². The molecule has 29 heavy (non-hydrogen) atoms. The van der Waals surface area contributed by atoms with Crippen molar-refractivity contribution in [1.82, 2.24) is 14.9 Å². The van der Waals surface area contributed by atoms with Gasteiger partial charge >= 0.3 is 18.2 Å². The van der Waals surface area contributed by atoms with Crippen molar-refractivity contribution in [2.24, 2.45) is 0 Å². The van der Waals surface area contributed by atoms with Gasteiger partial charge in [0.2, 0.25) is 5.82 Å². The zero-order chi connectivity index (χ0) is 21.0. The van der Waals surface area contributed by atoms with Crippen molar-refractivity contribution in [3.8, 4) is 0 Å². The fourth-order valence-corrected chi connectivity index (χ4v) is 2.78. The number of methoxy groups -OCH3 is 1. The van der Waals surface area contributed by atoms with Crippen LogP contribution in [0.3, 0.4) is 0 Å². The molecule has 2 aromatic carbocycles. The van der Waals surface area contributed by atoms with Gasteiger partial charge in [0.1, 0.15) is 0 Å². The van der Waals surface area contributed by atoms with E-state index in [2.05, 4.69) is 20.4 Å². The molecule has 152 valence electrons. The highest BCUT2D eigenvalue weighted by Crippen LogP contribution is 2.31. The lowest BCUT2D eigenvalue weighted by Crippen LogP contribution is -2.32. The monoisotopic (exact) mass is 406 g/mol. The van der Waals surface area contributed by atoms with E-state index in [1.165, 1.54) is 37.4 Å². The maximum atomic E-state index is 13.3. The molecule has 2 amide bonds. The number of urea groups is 1. The average Bonchev–Trinajstić information content (AvgIpc) is 3.07. The fraction of sp³-hybridized carbons (Fsp3) is 0.211. The van der Waals surface area contributed by atoms with Crippen LogP contribution in [0.5, 0.6) is 0 Å². The number of alkyl halides is 3. The second kappa shape index (κ2) is 8.21. The molecule has 3 rings (SSSR count). The highest BCUT2D eigenvalue weighted by Gasteiger charge is 2.37. The Morgan fingerprint density at radius 1 is 1.10 bits per heavy atom. The Bertz CT molecular complexity index is 1030. The molecule has 3 aromatic rings. The van der Waals surface area contributed by atoms with E-state index in [-0.39, 0.29) is 18.6 Å². The number of aromatic nitrogens is 2. The summed E-state index contributed by atoms with van der Waals surface area (Å²) in [6, 6.07) is 11.7. The van der Waals surface area contributed by atoms with Crippen LogP contribution in [0, 0.1) is 0 Å². The molecule has 0 fully saturated rings. The van der Waals surface area contributed by atoms with Gasteiger partial charge in [0.15, 0.2) is 0 Å². The lowest BCUT2D eigenvalue weighted by Gasteiger charge is -2.12. The molecular weight excluding hydrogens is 389 g/mol. The minimum Gasteiger partial charge on any atom is -0.465 e. The Hall–Kier alpha value is -3.56. The Labute approximate surface area is 163 Å². The number of nitrogens with one attached hydrogen (secondary N) is 2. The molecule has 0 radical (unpaired) electrons. The fourth-order valence-electron chi connectivity index (χ4n) is 2.78. The summed E-state index contributed by atoms with van der Waals surface area (Å²) < 4.78 is 45.4. The number of ether oxygens (including phenoxy) is 1. The summed E-state index contributed by atoms with van der Waals surface area (Å²) in [5, 5.41) is 5.04. The maximum absolute atomic E-state index is 13.3. The normalized spacial score (nSPS) is 11.3. The number of benzene rings is 2. The molecule has 0 aliphatic rings. The number of rotatable bonds is 5. The van der Waals surface area contributed by atoms with Crippen molar-refractivity contribution >= 4 is 28.7 Å². The smallest absolute Gasteiger partial charge is 0.449 e. The standard InChI is InChI=1S/C19H17F3N4O3/c1-29-16(27)12-6-8-13(9-7-12)24-18(28)23-10-11-26-15-5-3-2-4-14(15)25-17(26)19(20,21)22/h2-9H,10-11H2,1H3,(H2,23,24,28). The molecular formula is C19H17F3N4O3. The Kier molecular flexibility index (Phi) is 5.71. The second-order valence-corrected chi connectivity index (χ2v) is 6.02. The number of imidazole rings is 1. The van der Waals surface area contributed by atoms with Crippen LogP contribution < -0.4 is 10.6 Å². The number of nitrogens with zero attached hydrogens (tertiary/aromatic N) is 2. The van der Waals surface area contributed by atoms with Crippen LogP contribution >= 0.6 is 0 Å². The molecule has 1 aromatic heterocycles. The Morgan fingerprint density at radius 2 is 1.79 bits per heavy atom. The molecule has 0 atom stereocenters. The van der Waals surface area contributed by atoms with Crippen molar-refractivity contribution in [2.75, 3.05) is 19.0 Å². The van der Waals surface area contributed by atoms with E-state index in [1.807, 2.05) is 0 Å². The zero-order valence-electron chi connectivity index (χ0n) is 15.3. The first-order valence-corrected chi connectivity index (χ1v) is 8.55. The van der Waals surface area contributed by atoms with Gasteiger partial charge in [0.25, 0.3) is 0 Å². The highest BCUT2D eigenvalue weighted by atomic mass is 19.4. The van der Waals surface area contributed by atoms with Gasteiger partial charge in [-0.1, -0.05) is 12.1 Å². The van der Waals surface area contributed by atoms with Crippen LogP contribution in [-0.2, 0) is 17.5 Å². The lowest BCUT2D eigenvalue weighted by molar-refractivity contribution is -0.146. The van der Waals surface area contributed by atoms with E-state index in [0.717, 1.165) is 4.57 Å². The van der Waals surface area contributed by atoms with Crippen molar-refractivity contribution in [2.45, 2.75) is 12.7 Å². The van der Waals surface area contributed by atoms with Crippen LogP contribution in [0.15, 0.2) is 48.5 Å². The number of fused-ring (bicyclic) bond motifs is 1. The minimum atomic E-state index is -4.61. The maximum Gasteiger partial charge on any atom is 0.449 e. The molecule has 0 aliphatic heterocycles. The second-order valence-electron chi connectivity index (χ2n) is 6.02. The molecule has 0 bridgehead atoms. The summed E-state index contributed by atoms with van der Waals surface area (Å²) in [5.74, 6) is -1.52.